The molecule has 4 rings (SSSR count). The summed E-state index contributed by atoms with van der Waals surface area (Å²) in [5.41, 5.74) is 2.15. The predicted octanol–water partition coefficient (Wildman–Crippen LogP) is 3.43. The quantitative estimate of drug-likeness (QED) is 0.840. The van der Waals surface area contributed by atoms with Crippen LogP contribution >= 0.6 is 0 Å². The smallest absolute Gasteiger partial charge is 0.267 e. The van der Waals surface area contributed by atoms with Gasteiger partial charge >= 0.3 is 0 Å². The minimum absolute atomic E-state index is 0.0998. The van der Waals surface area contributed by atoms with E-state index in [0.29, 0.717) is 0 Å². The van der Waals surface area contributed by atoms with E-state index in [4.69, 9.17) is 9.47 Å². The first-order valence-corrected chi connectivity index (χ1v) is 7.71. The summed E-state index contributed by atoms with van der Waals surface area (Å²) in [6.07, 6.45) is 13.0. The lowest BCUT2D eigenvalue weighted by atomic mass is 9.77. The van der Waals surface area contributed by atoms with Gasteiger partial charge in [-0.2, -0.15) is 0 Å². The first kappa shape index (κ1) is 14.1. The molecule has 2 aliphatic heterocycles. The highest BCUT2D eigenvalue weighted by atomic mass is 16.7. The summed E-state index contributed by atoms with van der Waals surface area (Å²) in [7, 11) is 0. The Morgan fingerprint density at radius 3 is 2.83 bits per heavy atom. The number of allylic oxidation sites excluding steroid dienone is 4. The van der Waals surface area contributed by atoms with Gasteiger partial charge in [0.2, 0.25) is 5.91 Å². The van der Waals surface area contributed by atoms with Crippen LogP contribution in [0.2, 0.25) is 0 Å². The molecule has 0 N–H and O–H groups in total. The van der Waals surface area contributed by atoms with E-state index in [1.54, 1.807) is 17.3 Å². The molecule has 118 valence electrons. The van der Waals surface area contributed by atoms with Crippen molar-refractivity contribution in [3.05, 3.63) is 60.5 Å². The van der Waals surface area contributed by atoms with E-state index in [1.807, 2.05) is 32.1 Å². The first-order chi connectivity index (χ1) is 11.1. The fraction of sp³-hybridized carbons (Fsp3) is 0.333. The van der Waals surface area contributed by atoms with Gasteiger partial charge in [-0.25, -0.2) is 0 Å². The molecule has 1 amide bonds. The van der Waals surface area contributed by atoms with E-state index >= 15 is 0 Å². The van der Waals surface area contributed by atoms with Crippen LogP contribution < -0.4 is 4.90 Å². The number of ether oxygens (including phenoxy) is 2. The third kappa shape index (κ3) is 2.07. The van der Waals surface area contributed by atoms with Crippen LogP contribution in [0.3, 0.4) is 0 Å². The number of pyridine rings is 1. The highest BCUT2D eigenvalue weighted by Crippen LogP contribution is 2.48. The molecule has 3 heterocycles. The van der Waals surface area contributed by atoms with Gasteiger partial charge in [0, 0.05) is 17.8 Å². The maximum Gasteiger partial charge on any atom is 0.267 e. The van der Waals surface area contributed by atoms with Gasteiger partial charge in [0.15, 0.2) is 0 Å². The Bertz CT molecular complexity index is 740. The lowest BCUT2D eigenvalue weighted by Gasteiger charge is -2.23. The fourth-order valence-electron chi connectivity index (χ4n) is 3.43. The zero-order chi connectivity index (χ0) is 16.0. The number of carbonyl (C=O) groups excluding carboxylic acids is 1. The average Bonchev–Trinajstić information content (AvgIpc) is 3.16. The second kappa shape index (κ2) is 4.98. The van der Waals surface area contributed by atoms with Crippen molar-refractivity contribution in [3.63, 3.8) is 0 Å². The van der Waals surface area contributed by atoms with Crippen molar-refractivity contribution >= 4 is 11.6 Å². The molecule has 0 radical (unpaired) electrons. The van der Waals surface area contributed by atoms with Gasteiger partial charge < -0.3 is 9.47 Å². The molecule has 1 aromatic heterocycles. The van der Waals surface area contributed by atoms with Crippen molar-refractivity contribution in [2.75, 3.05) is 4.90 Å². The molecule has 1 fully saturated rings. The van der Waals surface area contributed by atoms with Crippen LogP contribution in [0.5, 0.6) is 0 Å². The maximum absolute atomic E-state index is 13.0. The van der Waals surface area contributed by atoms with Crippen LogP contribution in [0.25, 0.3) is 0 Å². The van der Waals surface area contributed by atoms with E-state index in [-0.39, 0.29) is 11.8 Å². The highest BCUT2D eigenvalue weighted by molar-refractivity contribution is 6.04. The zero-order valence-electron chi connectivity index (χ0n) is 13.1. The standard InChI is InChI=1S/C18H18N2O3/c1-18(2)14-5-3-4-6-15(14)20(17(18)21)13-9-12(10-19-11-13)16-22-7-8-23-16/h3-4,6-11,14,16H,5H2,1-2H3. The van der Waals surface area contributed by atoms with Crippen molar-refractivity contribution < 1.29 is 14.3 Å². The number of carbonyl (C=O) groups is 1. The van der Waals surface area contributed by atoms with E-state index in [9.17, 15) is 4.79 Å². The third-order valence-electron chi connectivity index (χ3n) is 4.75. The summed E-state index contributed by atoms with van der Waals surface area (Å²) < 4.78 is 10.7. The van der Waals surface area contributed by atoms with Crippen LogP contribution in [0.15, 0.2) is 54.9 Å². The molecule has 1 saturated heterocycles. The first-order valence-electron chi connectivity index (χ1n) is 7.71. The number of hydrogen-bond donors (Lipinski definition) is 0. The number of rotatable bonds is 2. The van der Waals surface area contributed by atoms with Crippen molar-refractivity contribution in [2.45, 2.75) is 26.6 Å². The largest absolute Gasteiger partial charge is 0.455 e. The normalized spacial score (nSPS) is 25.1. The van der Waals surface area contributed by atoms with Crippen LogP contribution in [0.1, 0.15) is 32.1 Å². The summed E-state index contributed by atoms with van der Waals surface area (Å²) in [6.45, 7) is 4.02. The lowest BCUT2D eigenvalue weighted by Crippen LogP contribution is -2.31. The molecule has 0 aromatic carbocycles. The van der Waals surface area contributed by atoms with Gasteiger partial charge in [-0.1, -0.05) is 26.0 Å². The Hall–Kier alpha value is -2.56. The molecule has 5 heteroatoms. The van der Waals surface area contributed by atoms with E-state index < -0.39 is 11.7 Å². The topological polar surface area (TPSA) is 51.7 Å². The van der Waals surface area contributed by atoms with E-state index in [2.05, 4.69) is 11.1 Å². The van der Waals surface area contributed by atoms with Gasteiger partial charge in [0.1, 0.15) is 12.5 Å². The molecular weight excluding hydrogens is 292 g/mol. The van der Waals surface area contributed by atoms with Gasteiger partial charge in [-0.3, -0.25) is 14.7 Å². The molecule has 23 heavy (non-hydrogen) atoms. The van der Waals surface area contributed by atoms with E-state index in [0.717, 1.165) is 23.4 Å². The lowest BCUT2D eigenvalue weighted by molar-refractivity contribution is -0.125. The van der Waals surface area contributed by atoms with Crippen molar-refractivity contribution in [3.8, 4) is 0 Å². The maximum atomic E-state index is 13.0. The molecule has 3 aliphatic rings. The molecule has 5 nitrogen and oxygen atoms in total. The highest BCUT2D eigenvalue weighted by Gasteiger charge is 2.51. The number of hydrogen-bond acceptors (Lipinski definition) is 4. The average molecular weight is 310 g/mol. The van der Waals surface area contributed by atoms with Crippen molar-refractivity contribution in [2.24, 2.45) is 11.3 Å². The predicted molar refractivity (Wildman–Crippen MR) is 84.9 cm³/mol. The van der Waals surface area contributed by atoms with Gasteiger partial charge in [-0.05, 0) is 18.6 Å². The molecular formula is C18H18N2O3. The van der Waals surface area contributed by atoms with Crippen molar-refractivity contribution in [1.29, 1.82) is 0 Å². The van der Waals surface area contributed by atoms with Crippen molar-refractivity contribution in [1.82, 2.24) is 4.98 Å². The van der Waals surface area contributed by atoms with E-state index in [1.165, 1.54) is 12.5 Å². The number of amides is 1. The fourth-order valence-corrected chi connectivity index (χ4v) is 3.43. The Balaban J connectivity index is 1.74. The van der Waals surface area contributed by atoms with Crippen LogP contribution in [-0.4, -0.2) is 10.9 Å². The minimum Gasteiger partial charge on any atom is -0.455 e. The Kier molecular flexibility index (Phi) is 3.04. The third-order valence-corrected chi connectivity index (χ3v) is 4.75. The van der Waals surface area contributed by atoms with Crippen LogP contribution in [0.4, 0.5) is 5.69 Å². The van der Waals surface area contributed by atoms with Crippen LogP contribution in [0, 0.1) is 11.3 Å². The second-order valence-corrected chi connectivity index (χ2v) is 6.52. The van der Waals surface area contributed by atoms with Gasteiger partial charge in [0.25, 0.3) is 6.29 Å². The van der Waals surface area contributed by atoms with Gasteiger partial charge in [0.05, 0.1) is 22.9 Å². The molecule has 1 aromatic rings. The summed E-state index contributed by atoms with van der Waals surface area (Å²) in [4.78, 5) is 19.0. The number of fused-ring (bicyclic) bond motifs is 1. The number of nitrogens with zero attached hydrogens (tertiary/aromatic N) is 2. The second-order valence-electron chi connectivity index (χ2n) is 6.52. The monoisotopic (exact) mass is 310 g/mol. The Morgan fingerprint density at radius 2 is 2.04 bits per heavy atom. The minimum atomic E-state index is -0.496. The van der Waals surface area contributed by atoms with Gasteiger partial charge in [-0.15, -0.1) is 0 Å². The molecule has 0 spiro atoms. The molecule has 1 unspecified atom stereocenters. The Morgan fingerprint density at radius 1 is 1.26 bits per heavy atom. The zero-order valence-corrected chi connectivity index (χ0v) is 13.1. The summed E-state index contributed by atoms with van der Waals surface area (Å²) in [5, 5.41) is 0. The van der Waals surface area contributed by atoms with Crippen LogP contribution in [-0.2, 0) is 14.3 Å². The number of aromatic nitrogens is 1. The molecule has 0 bridgehead atoms. The summed E-state index contributed by atoms with van der Waals surface area (Å²) in [6, 6.07) is 1.90. The summed E-state index contributed by atoms with van der Waals surface area (Å²) >= 11 is 0. The molecule has 0 saturated carbocycles. The summed E-state index contributed by atoms with van der Waals surface area (Å²) in [5.74, 6) is 0.298. The SMILES string of the molecule is CC1(C)C(=O)N(c2cncc(C3OC=CO3)c2)C2=CC=CCC21. The Labute approximate surface area is 134 Å². The number of anilines is 1. The molecule has 1 aliphatic carbocycles. The molecule has 1 atom stereocenters.